The lowest BCUT2D eigenvalue weighted by Gasteiger charge is -2.22. The first kappa shape index (κ1) is 12.0. The van der Waals surface area contributed by atoms with Crippen molar-refractivity contribution < 1.29 is 9.53 Å². The van der Waals surface area contributed by atoms with E-state index in [9.17, 15) is 4.79 Å². The van der Waals surface area contributed by atoms with Gasteiger partial charge in [-0.15, -0.1) is 0 Å². The molecule has 0 aromatic heterocycles. The first-order valence-electron chi connectivity index (χ1n) is 5.07. The molecule has 4 heteroatoms. The lowest BCUT2D eigenvalue weighted by Crippen LogP contribution is -2.45. The van der Waals surface area contributed by atoms with Crippen LogP contribution in [0.2, 0.25) is 0 Å². The number of nitrogens with one attached hydrogen (secondary N) is 1. The van der Waals surface area contributed by atoms with Crippen LogP contribution in [0.25, 0.3) is 0 Å². The normalized spacial score (nSPS) is 28.8. The van der Waals surface area contributed by atoms with Crippen LogP contribution < -0.4 is 5.32 Å². The first-order valence-corrected chi connectivity index (χ1v) is 6.19. The minimum atomic E-state index is -0.577. The van der Waals surface area contributed by atoms with E-state index in [1.54, 1.807) is 0 Å². The molecule has 2 unspecified atom stereocenters. The molecule has 0 radical (unpaired) electrons. The molecule has 2 atom stereocenters. The summed E-state index contributed by atoms with van der Waals surface area (Å²) in [7, 11) is 0. The maximum absolute atomic E-state index is 11.7. The van der Waals surface area contributed by atoms with Crippen LogP contribution in [0.15, 0.2) is 0 Å². The number of hydrogen-bond acceptors (Lipinski definition) is 2. The van der Waals surface area contributed by atoms with Gasteiger partial charge in [0.1, 0.15) is 5.60 Å². The van der Waals surface area contributed by atoms with Crippen LogP contribution in [0, 0.1) is 5.92 Å². The third-order valence-electron chi connectivity index (χ3n) is 2.57. The second kappa shape index (κ2) is 5.12. The number of hydrogen-bond donors (Lipinski definition) is 1. The molecule has 1 N–H and O–H groups in total. The fourth-order valence-electron chi connectivity index (χ4n) is 1.47. The minimum Gasteiger partial charge on any atom is -0.365 e. The summed E-state index contributed by atoms with van der Waals surface area (Å²) >= 11 is 3.38. The molecule has 82 valence electrons. The van der Waals surface area contributed by atoms with Gasteiger partial charge in [-0.25, -0.2) is 0 Å². The Bertz CT molecular complexity index is 202. The van der Waals surface area contributed by atoms with Crippen molar-refractivity contribution in [3.05, 3.63) is 0 Å². The predicted molar refractivity (Wildman–Crippen MR) is 59.6 cm³/mol. The van der Waals surface area contributed by atoms with E-state index in [0.29, 0.717) is 19.1 Å². The van der Waals surface area contributed by atoms with E-state index >= 15 is 0 Å². The summed E-state index contributed by atoms with van der Waals surface area (Å²) in [6, 6.07) is 0. The number of ether oxygens (including phenoxy) is 1. The van der Waals surface area contributed by atoms with Crippen LogP contribution >= 0.6 is 15.9 Å². The molecule has 1 heterocycles. The van der Waals surface area contributed by atoms with Crippen LogP contribution in [-0.2, 0) is 9.53 Å². The number of amides is 1. The van der Waals surface area contributed by atoms with Gasteiger partial charge in [-0.2, -0.15) is 0 Å². The van der Waals surface area contributed by atoms with E-state index in [1.165, 1.54) is 0 Å². The Morgan fingerprint density at radius 3 is 2.93 bits per heavy atom. The summed E-state index contributed by atoms with van der Waals surface area (Å²) in [5.74, 6) is 0.492. The van der Waals surface area contributed by atoms with Gasteiger partial charge in [0, 0.05) is 18.5 Å². The molecule has 1 saturated heterocycles. The molecule has 0 aromatic rings. The molecule has 14 heavy (non-hydrogen) atoms. The van der Waals surface area contributed by atoms with E-state index < -0.39 is 5.60 Å². The standard InChI is InChI=1S/C10H18BrNO2/c1-8(6-11)7-12-9(13)10(2)4-3-5-14-10/h8H,3-7H2,1-2H3,(H,12,13). The molecule has 0 spiro atoms. The summed E-state index contributed by atoms with van der Waals surface area (Å²) in [6.07, 6.45) is 1.82. The van der Waals surface area contributed by atoms with Crippen LogP contribution in [-0.4, -0.2) is 30.0 Å². The molecule has 1 aliphatic rings. The van der Waals surface area contributed by atoms with Gasteiger partial charge in [0.15, 0.2) is 0 Å². The fourth-order valence-corrected chi connectivity index (χ4v) is 1.70. The molecule has 0 aliphatic carbocycles. The Balaban J connectivity index is 2.34. The van der Waals surface area contributed by atoms with E-state index in [4.69, 9.17) is 4.74 Å². The van der Waals surface area contributed by atoms with Gasteiger partial charge in [0.25, 0.3) is 5.91 Å². The van der Waals surface area contributed by atoms with Crippen molar-refractivity contribution in [3.8, 4) is 0 Å². The Morgan fingerprint density at radius 2 is 2.43 bits per heavy atom. The third-order valence-corrected chi connectivity index (χ3v) is 3.68. The first-order chi connectivity index (χ1) is 6.58. The highest BCUT2D eigenvalue weighted by molar-refractivity contribution is 9.09. The summed E-state index contributed by atoms with van der Waals surface area (Å²) in [6.45, 7) is 5.38. The Hall–Kier alpha value is -0.0900. The summed E-state index contributed by atoms with van der Waals surface area (Å²) in [5, 5.41) is 3.83. The van der Waals surface area contributed by atoms with Crippen molar-refractivity contribution in [2.24, 2.45) is 5.92 Å². The largest absolute Gasteiger partial charge is 0.365 e. The molecular weight excluding hydrogens is 246 g/mol. The van der Waals surface area contributed by atoms with Gasteiger partial charge in [-0.05, 0) is 25.7 Å². The monoisotopic (exact) mass is 263 g/mol. The zero-order valence-corrected chi connectivity index (χ0v) is 10.4. The van der Waals surface area contributed by atoms with Gasteiger partial charge in [-0.3, -0.25) is 4.79 Å². The predicted octanol–water partition coefficient (Wildman–Crippen LogP) is 1.70. The minimum absolute atomic E-state index is 0.0304. The van der Waals surface area contributed by atoms with Crippen molar-refractivity contribution >= 4 is 21.8 Å². The van der Waals surface area contributed by atoms with Crippen LogP contribution in [0.5, 0.6) is 0 Å². The SMILES string of the molecule is CC(CBr)CNC(=O)C1(C)CCCO1. The topological polar surface area (TPSA) is 38.3 Å². The molecule has 3 nitrogen and oxygen atoms in total. The van der Waals surface area contributed by atoms with Gasteiger partial charge >= 0.3 is 0 Å². The third kappa shape index (κ3) is 2.95. The molecule has 1 rings (SSSR count). The highest BCUT2D eigenvalue weighted by Gasteiger charge is 2.37. The Kier molecular flexibility index (Phi) is 4.38. The number of rotatable bonds is 4. The maximum atomic E-state index is 11.7. The van der Waals surface area contributed by atoms with Crippen LogP contribution in [0.1, 0.15) is 26.7 Å². The zero-order valence-electron chi connectivity index (χ0n) is 8.81. The number of halogens is 1. The van der Waals surface area contributed by atoms with E-state index in [1.807, 2.05) is 6.92 Å². The summed E-state index contributed by atoms with van der Waals surface area (Å²) in [5.41, 5.74) is -0.577. The number of carbonyl (C=O) groups excluding carboxylic acids is 1. The van der Waals surface area contributed by atoms with Gasteiger partial charge in [0.05, 0.1) is 0 Å². The summed E-state index contributed by atoms with van der Waals surface area (Å²) in [4.78, 5) is 11.7. The molecule has 0 aromatic carbocycles. The second-order valence-electron chi connectivity index (χ2n) is 4.15. The number of alkyl halides is 1. The van der Waals surface area contributed by atoms with Gasteiger partial charge < -0.3 is 10.1 Å². The Labute approximate surface area is 93.7 Å². The smallest absolute Gasteiger partial charge is 0.251 e. The lowest BCUT2D eigenvalue weighted by molar-refractivity contribution is -0.139. The van der Waals surface area contributed by atoms with Crippen molar-refractivity contribution in [3.63, 3.8) is 0 Å². The average Bonchev–Trinajstić information content (AvgIpc) is 2.62. The molecule has 1 fully saturated rings. The second-order valence-corrected chi connectivity index (χ2v) is 4.80. The van der Waals surface area contributed by atoms with E-state index in [2.05, 4.69) is 28.2 Å². The van der Waals surface area contributed by atoms with E-state index in [0.717, 1.165) is 18.2 Å². The zero-order chi connectivity index (χ0) is 10.6. The van der Waals surface area contributed by atoms with Crippen molar-refractivity contribution in [2.75, 3.05) is 18.5 Å². The number of carbonyl (C=O) groups is 1. The lowest BCUT2D eigenvalue weighted by atomic mass is 10.0. The van der Waals surface area contributed by atoms with Crippen molar-refractivity contribution in [1.82, 2.24) is 5.32 Å². The highest BCUT2D eigenvalue weighted by Crippen LogP contribution is 2.24. The fraction of sp³-hybridized carbons (Fsp3) is 0.900. The quantitative estimate of drug-likeness (QED) is 0.785. The van der Waals surface area contributed by atoms with Crippen molar-refractivity contribution in [2.45, 2.75) is 32.3 Å². The average molecular weight is 264 g/mol. The molecule has 0 bridgehead atoms. The maximum Gasteiger partial charge on any atom is 0.251 e. The molecular formula is C10H18BrNO2. The van der Waals surface area contributed by atoms with E-state index in [-0.39, 0.29) is 5.91 Å². The Morgan fingerprint density at radius 1 is 1.71 bits per heavy atom. The van der Waals surface area contributed by atoms with Gasteiger partial charge in [-0.1, -0.05) is 22.9 Å². The van der Waals surface area contributed by atoms with Crippen molar-refractivity contribution in [1.29, 1.82) is 0 Å². The highest BCUT2D eigenvalue weighted by atomic mass is 79.9. The summed E-state index contributed by atoms with van der Waals surface area (Å²) < 4.78 is 5.44. The van der Waals surface area contributed by atoms with Crippen LogP contribution in [0.3, 0.4) is 0 Å². The van der Waals surface area contributed by atoms with Crippen LogP contribution in [0.4, 0.5) is 0 Å². The molecule has 1 aliphatic heterocycles. The molecule has 1 amide bonds. The molecule has 0 saturated carbocycles. The van der Waals surface area contributed by atoms with Gasteiger partial charge in [0.2, 0.25) is 0 Å².